The van der Waals surface area contributed by atoms with Crippen LogP contribution >= 0.6 is 20.7 Å². The Labute approximate surface area is 109 Å². The molecule has 0 aliphatic heterocycles. The lowest BCUT2D eigenvalue weighted by molar-refractivity contribution is -0.138. The van der Waals surface area contributed by atoms with Gasteiger partial charge in [0.05, 0.1) is 5.75 Å². The maximum absolute atomic E-state index is 10.6. The highest BCUT2D eigenvalue weighted by atomic mass is 33.1. The summed E-state index contributed by atoms with van der Waals surface area (Å²) in [6, 6.07) is -2.25. The van der Waals surface area contributed by atoms with Crippen LogP contribution in [-0.4, -0.2) is 62.6 Å². The Kier molecular flexibility index (Phi) is 7.75. The highest BCUT2D eigenvalue weighted by Gasteiger charge is 2.21. The summed E-state index contributed by atoms with van der Waals surface area (Å²) in [5.41, 5.74) is 10.6. The van der Waals surface area contributed by atoms with Gasteiger partial charge < -0.3 is 26.8 Å². The fraction of sp³-hybridized carbons (Fsp3) is 0.625. The first-order chi connectivity index (χ1) is 8.23. The molecule has 0 aromatic carbocycles. The maximum Gasteiger partial charge on any atom is 0.321 e. The Morgan fingerprint density at radius 1 is 1.06 bits per heavy atom. The molecule has 0 saturated carbocycles. The zero-order chi connectivity index (χ0) is 14.3. The summed E-state index contributed by atoms with van der Waals surface area (Å²) in [5.74, 6) is -3.66. The third kappa shape index (κ3) is 7.37. The van der Waals surface area contributed by atoms with Crippen molar-refractivity contribution in [1.29, 1.82) is 0 Å². The van der Waals surface area contributed by atoms with Crippen LogP contribution in [0, 0.1) is 0 Å². The van der Waals surface area contributed by atoms with Gasteiger partial charge in [0.1, 0.15) is 12.1 Å². The Morgan fingerprint density at radius 2 is 1.56 bits per heavy atom. The summed E-state index contributed by atoms with van der Waals surface area (Å²) in [6.45, 7) is 0. The van der Waals surface area contributed by atoms with E-state index in [2.05, 4.69) is 0 Å². The molecule has 10 heteroatoms. The van der Waals surface area contributed by atoms with Gasteiger partial charge in [-0.15, -0.1) is 10.8 Å². The van der Waals surface area contributed by atoms with Crippen LogP contribution in [0.15, 0.2) is 0 Å². The first-order valence-corrected chi connectivity index (χ1v) is 8.10. The molecule has 7 N–H and O–H groups in total. The largest absolute Gasteiger partial charge is 0.481 e. The van der Waals surface area contributed by atoms with E-state index in [1.807, 2.05) is 0 Å². The number of carboxylic acids is 3. The van der Waals surface area contributed by atoms with Gasteiger partial charge in [0.25, 0.3) is 0 Å². The molecule has 0 rings (SSSR count). The molecule has 0 heterocycles. The molecule has 0 radical (unpaired) electrons. The van der Waals surface area contributed by atoms with E-state index in [1.165, 1.54) is 0 Å². The van der Waals surface area contributed by atoms with Crippen molar-refractivity contribution in [2.75, 3.05) is 17.3 Å². The minimum absolute atomic E-state index is 0.00791. The van der Waals surface area contributed by atoms with Gasteiger partial charge in [0.2, 0.25) is 0 Å². The first kappa shape index (κ1) is 17.0. The third-order valence-electron chi connectivity index (χ3n) is 1.78. The van der Waals surface area contributed by atoms with Gasteiger partial charge in [-0.3, -0.25) is 14.4 Å². The molecule has 0 saturated heterocycles. The molecule has 0 fully saturated rings. The third-order valence-corrected chi connectivity index (χ3v) is 6.46. The van der Waals surface area contributed by atoms with Crippen molar-refractivity contribution < 1.29 is 29.7 Å². The zero-order valence-electron chi connectivity index (χ0n) is 9.35. The first-order valence-electron chi connectivity index (χ1n) is 4.80. The highest BCUT2D eigenvalue weighted by molar-refractivity contribution is 8.85. The number of hydrogen-bond donors (Lipinski definition) is 6. The lowest BCUT2D eigenvalue weighted by atomic mass is 10.4. The van der Waals surface area contributed by atoms with Gasteiger partial charge in [-0.1, -0.05) is 0 Å². The number of hydrogen-bond acceptors (Lipinski definition) is 6. The van der Waals surface area contributed by atoms with E-state index in [4.69, 9.17) is 26.8 Å². The second-order valence-electron chi connectivity index (χ2n) is 3.40. The summed E-state index contributed by atoms with van der Waals surface area (Å²) < 4.78 is 0. The van der Waals surface area contributed by atoms with E-state index in [0.29, 0.717) is 0 Å². The minimum atomic E-state index is -1.26. The minimum Gasteiger partial charge on any atom is -0.481 e. The molecule has 1 unspecified atom stereocenters. The quantitative estimate of drug-likeness (QED) is 0.220. The average molecular weight is 300 g/mol. The fourth-order valence-electron chi connectivity index (χ4n) is 0.868. The van der Waals surface area contributed by atoms with Crippen molar-refractivity contribution in [3.8, 4) is 0 Å². The van der Waals surface area contributed by atoms with E-state index in [9.17, 15) is 14.4 Å². The van der Waals surface area contributed by atoms with Crippen LogP contribution < -0.4 is 11.5 Å². The zero-order valence-corrected chi connectivity index (χ0v) is 11.1. The molecule has 0 bridgehead atoms. The Balaban J connectivity index is 4.35. The van der Waals surface area contributed by atoms with Gasteiger partial charge in [0.15, 0.2) is 0 Å². The van der Waals surface area contributed by atoms with E-state index < -0.39 is 39.9 Å². The molecule has 3 atom stereocenters. The number of aliphatic carboxylic acids is 3. The molecule has 0 aliphatic rings. The van der Waals surface area contributed by atoms with Gasteiger partial charge in [-0.25, -0.2) is 0 Å². The van der Waals surface area contributed by atoms with Gasteiger partial charge in [-0.2, -0.15) is 9.93 Å². The predicted octanol–water partition coefficient (Wildman–Crippen LogP) is -1.46. The lowest BCUT2D eigenvalue weighted by Gasteiger charge is -2.21. The van der Waals surface area contributed by atoms with Crippen LogP contribution in [-0.2, 0) is 14.4 Å². The molecule has 0 aromatic rings. The Hall–Kier alpha value is -0.970. The Bertz CT molecular complexity index is 327. The fourth-order valence-corrected chi connectivity index (χ4v) is 5.12. The molecule has 8 nitrogen and oxygen atoms in total. The second kappa shape index (κ2) is 8.19. The molecular weight excluding hydrogens is 284 g/mol. The number of carbonyl (C=O) groups is 3. The van der Waals surface area contributed by atoms with Crippen LogP contribution in [0.3, 0.4) is 0 Å². The van der Waals surface area contributed by atoms with E-state index in [-0.39, 0.29) is 17.3 Å². The summed E-state index contributed by atoms with van der Waals surface area (Å²) in [5, 5.41) is 25.9. The number of carboxylic acid groups (broad SMARTS) is 3. The SMILES string of the molecule is N[C@@H](CS[SH](CC(=O)O)C[C@H](N)C(=O)O)C(=O)O. The van der Waals surface area contributed by atoms with Crippen molar-refractivity contribution >= 4 is 38.6 Å². The van der Waals surface area contributed by atoms with E-state index >= 15 is 0 Å². The highest BCUT2D eigenvalue weighted by Crippen LogP contribution is 2.40. The van der Waals surface area contributed by atoms with Crippen LogP contribution in [0.2, 0.25) is 0 Å². The molecule has 0 aliphatic carbocycles. The lowest BCUT2D eigenvalue weighted by Crippen LogP contribution is -2.35. The molecule has 0 amide bonds. The molecular formula is C8H16N2O6S2. The summed E-state index contributed by atoms with van der Waals surface area (Å²) in [6.07, 6.45) is 0. The Morgan fingerprint density at radius 3 is 1.94 bits per heavy atom. The van der Waals surface area contributed by atoms with Gasteiger partial charge in [0, 0.05) is 11.5 Å². The van der Waals surface area contributed by atoms with Gasteiger partial charge in [-0.05, 0) is 0 Å². The smallest absolute Gasteiger partial charge is 0.321 e. The number of rotatable bonds is 9. The van der Waals surface area contributed by atoms with Crippen molar-refractivity contribution in [2.45, 2.75) is 12.1 Å². The van der Waals surface area contributed by atoms with Crippen LogP contribution in [0.5, 0.6) is 0 Å². The monoisotopic (exact) mass is 300 g/mol. The van der Waals surface area contributed by atoms with Crippen LogP contribution in [0.1, 0.15) is 0 Å². The summed E-state index contributed by atoms with van der Waals surface area (Å²) in [7, 11) is -0.194. The maximum atomic E-state index is 10.6. The van der Waals surface area contributed by atoms with Crippen LogP contribution in [0.4, 0.5) is 0 Å². The van der Waals surface area contributed by atoms with Crippen molar-refractivity contribution in [2.24, 2.45) is 11.5 Å². The average Bonchev–Trinajstić information content (AvgIpc) is 2.24. The van der Waals surface area contributed by atoms with Crippen LogP contribution in [0.25, 0.3) is 0 Å². The topological polar surface area (TPSA) is 164 Å². The van der Waals surface area contributed by atoms with Crippen molar-refractivity contribution in [1.82, 2.24) is 0 Å². The van der Waals surface area contributed by atoms with E-state index in [1.54, 1.807) is 0 Å². The molecule has 0 aromatic heterocycles. The second-order valence-corrected chi connectivity index (χ2v) is 7.96. The predicted molar refractivity (Wildman–Crippen MR) is 70.0 cm³/mol. The molecule has 106 valence electrons. The standard InChI is InChI=1S/C8H16N2O6S2/c9-4(7(13)14)1-17-18(3-6(11)12)2-5(10)8(15)16/h4-5,18H,1-3,9-10H2,(H,11,12)(H,13,14)(H,15,16)/t4-,5-/m0/s1. The number of thiol groups is 1. The van der Waals surface area contributed by atoms with Gasteiger partial charge >= 0.3 is 17.9 Å². The summed E-state index contributed by atoms with van der Waals surface area (Å²) in [4.78, 5) is 31.7. The van der Waals surface area contributed by atoms with Crippen molar-refractivity contribution in [3.05, 3.63) is 0 Å². The van der Waals surface area contributed by atoms with E-state index in [0.717, 1.165) is 10.8 Å². The normalized spacial score (nSPS) is 16.7. The molecule has 0 spiro atoms. The van der Waals surface area contributed by atoms with Crippen molar-refractivity contribution in [3.63, 3.8) is 0 Å². The number of nitrogens with two attached hydrogens (primary N) is 2. The summed E-state index contributed by atoms with van der Waals surface area (Å²) >= 11 is 0. The molecule has 18 heavy (non-hydrogen) atoms.